The van der Waals surface area contributed by atoms with E-state index in [4.69, 9.17) is 0 Å². The van der Waals surface area contributed by atoms with Crippen molar-refractivity contribution in [2.45, 2.75) is 38.5 Å². The molecule has 0 fully saturated rings. The van der Waals surface area contributed by atoms with Gasteiger partial charge in [0.25, 0.3) is 0 Å². The van der Waals surface area contributed by atoms with E-state index in [2.05, 4.69) is 280 Å². The summed E-state index contributed by atoms with van der Waals surface area (Å²) in [6, 6.07) is 91.0. The van der Waals surface area contributed by atoms with Crippen LogP contribution in [0.3, 0.4) is 0 Å². The fraction of sp³-hybridized carbons (Fsp3) is 0.0857. The van der Waals surface area contributed by atoms with Gasteiger partial charge in [0.1, 0.15) is 0 Å². The summed E-state index contributed by atoms with van der Waals surface area (Å²) in [5, 5.41) is 9.76. The summed E-state index contributed by atoms with van der Waals surface area (Å²) in [5.74, 6) is 0. The smallest absolute Gasteiger partial charge is 0.0502 e. The highest BCUT2D eigenvalue weighted by molar-refractivity contribution is 6.24. The second kappa shape index (κ2) is 15.9. The van der Waals surface area contributed by atoms with Crippen molar-refractivity contribution in [1.82, 2.24) is 0 Å². The number of para-hydroxylation sites is 4. The summed E-state index contributed by atoms with van der Waals surface area (Å²) in [6.07, 6.45) is 0. The number of fused-ring (bicyclic) bond motifs is 8. The predicted octanol–water partition coefficient (Wildman–Crippen LogP) is 19.5. The van der Waals surface area contributed by atoms with Gasteiger partial charge in [0.15, 0.2) is 0 Å². The van der Waals surface area contributed by atoms with Gasteiger partial charge in [0.2, 0.25) is 0 Å². The molecule has 2 nitrogen and oxygen atoms in total. The van der Waals surface area contributed by atoms with E-state index in [1.54, 1.807) is 0 Å². The largest absolute Gasteiger partial charge is 0.310 e. The molecule has 2 aliphatic heterocycles. The molecule has 0 unspecified atom stereocenters. The minimum Gasteiger partial charge on any atom is -0.310 e. The van der Waals surface area contributed by atoms with Crippen molar-refractivity contribution in [3.05, 3.63) is 265 Å². The fourth-order valence-electron chi connectivity index (χ4n) is 12.7. The molecule has 0 N–H and O–H groups in total. The van der Waals surface area contributed by atoms with Crippen molar-refractivity contribution in [2.24, 2.45) is 0 Å². The van der Waals surface area contributed by atoms with E-state index in [9.17, 15) is 0 Å². The molecule has 0 aliphatic carbocycles. The number of hydrogen-bond acceptors (Lipinski definition) is 2. The van der Waals surface area contributed by atoms with E-state index in [1.165, 1.54) is 121 Å². The lowest BCUT2D eigenvalue weighted by molar-refractivity contribution is 0.632. The van der Waals surface area contributed by atoms with Crippen molar-refractivity contribution in [2.75, 3.05) is 9.80 Å². The molecule has 0 spiro atoms. The van der Waals surface area contributed by atoms with Gasteiger partial charge in [0.05, 0.1) is 22.7 Å². The van der Waals surface area contributed by atoms with Gasteiger partial charge in [-0.3, -0.25) is 0 Å². The van der Waals surface area contributed by atoms with Gasteiger partial charge in [0, 0.05) is 22.2 Å². The molecule has 12 aromatic rings. The molecule has 2 aliphatic rings. The maximum absolute atomic E-state index is 2.51. The van der Waals surface area contributed by atoms with E-state index in [-0.39, 0.29) is 10.8 Å². The topological polar surface area (TPSA) is 6.48 Å². The Balaban J connectivity index is 1.13. The molecule has 12 aromatic carbocycles. The summed E-state index contributed by atoms with van der Waals surface area (Å²) >= 11 is 0. The minimum atomic E-state index is -0.175. The monoisotopic (exact) mass is 920 g/mol. The highest BCUT2D eigenvalue weighted by Gasteiger charge is 2.38. The zero-order valence-electron chi connectivity index (χ0n) is 41.0. The molecular formula is C70H52N2. The SMILES string of the molecule is CC1(C)c2ccccc2N(c2ccc3c(-c4ccccc4-c4cccc5ccccc45)c4cc(N5c6ccccc6C(C)(C)c6ccccc65)ccc4c(-c4ccc5ccccc5c4)c3c2)c2ccccc21. The number of hydrogen-bond donors (Lipinski definition) is 0. The van der Waals surface area contributed by atoms with Crippen molar-refractivity contribution in [3.63, 3.8) is 0 Å². The van der Waals surface area contributed by atoms with Crippen molar-refractivity contribution in [3.8, 4) is 33.4 Å². The third kappa shape index (κ3) is 6.22. The van der Waals surface area contributed by atoms with Crippen LogP contribution < -0.4 is 9.80 Å². The Bertz CT molecular complexity index is 4090. The first kappa shape index (κ1) is 42.2. The molecule has 0 radical (unpaired) electrons. The second-order valence-electron chi connectivity index (χ2n) is 20.8. The van der Waals surface area contributed by atoms with Gasteiger partial charge in [-0.25, -0.2) is 0 Å². The highest BCUT2D eigenvalue weighted by atomic mass is 15.2. The first-order valence-corrected chi connectivity index (χ1v) is 25.3. The van der Waals surface area contributed by atoms with Crippen LogP contribution >= 0.6 is 0 Å². The molecule has 0 amide bonds. The molecule has 72 heavy (non-hydrogen) atoms. The standard InChI is InChI=1S/C70H52N2/c1-69(2)59-28-11-15-32-63(59)71(64-33-16-12-29-60(64)69)49-39-41-56-57(43-49)67(48-37-36-45-20-5-6-22-47(45)42-48)55-40-38-50(72-65-34-17-13-30-61(65)70(3,4)62-31-14-18-35-66(62)72)44-58(55)68(56)54-26-10-9-25-53(54)52-27-19-23-46-21-7-8-24-51(46)52/h5-44H,1-4H3. The van der Waals surface area contributed by atoms with Crippen LogP contribution in [0.1, 0.15) is 49.9 Å². The number of nitrogens with zero attached hydrogens (tertiary/aromatic N) is 2. The molecule has 342 valence electrons. The zero-order chi connectivity index (χ0) is 48.3. The van der Waals surface area contributed by atoms with Crippen LogP contribution in [0, 0.1) is 0 Å². The molecule has 0 saturated heterocycles. The first-order chi connectivity index (χ1) is 35.3. The van der Waals surface area contributed by atoms with Crippen LogP contribution in [0.4, 0.5) is 34.1 Å². The Morgan fingerprint density at radius 2 is 0.681 bits per heavy atom. The Morgan fingerprint density at radius 3 is 1.25 bits per heavy atom. The Morgan fingerprint density at radius 1 is 0.264 bits per heavy atom. The number of benzene rings is 12. The average molecular weight is 921 g/mol. The zero-order valence-corrected chi connectivity index (χ0v) is 41.0. The molecule has 2 heteroatoms. The molecule has 2 heterocycles. The Hall–Kier alpha value is -8.72. The van der Waals surface area contributed by atoms with Crippen molar-refractivity contribution in [1.29, 1.82) is 0 Å². The molecule has 14 rings (SSSR count). The molecule has 0 atom stereocenters. The molecule has 0 aromatic heterocycles. The summed E-state index contributed by atoms with van der Waals surface area (Å²) in [4.78, 5) is 5.01. The fourth-order valence-corrected chi connectivity index (χ4v) is 12.7. The van der Waals surface area contributed by atoms with E-state index < -0.39 is 0 Å². The van der Waals surface area contributed by atoms with Gasteiger partial charge in [-0.1, -0.05) is 216 Å². The van der Waals surface area contributed by atoms with Crippen molar-refractivity contribution < 1.29 is 0 Å². The van der Waals surface area contributed by atoms with E-state index in [1.807, 2.05) is 0 Å². The molecular weight excluding hydrogens is 869 g/mol. The summed E-state index contributed by atoms with van der Waals surface area (Å²) < 4.78 is 0. The average Bonchev–Trinajstić information content (AvgIpc) is 3.42. The van der Waals surface area contributed by atoms with Crippen molar-refractivity contribution >= 4 is 77.2 Å². The molecule has 0 bridgehead atoms. The summed E-state index contributed by atoms with van der Waals surface area (Å²) in [5.41, 5.74) is 19.3. The normalized spacial score (nSPS) is 14.3. The first-order valence-electron chi connectivity index (χ1n) is 25.3. The van der Waals surface area contributed by atoms with E-state index in [0.717, 1.165) is 11.4 Å². The van der Waals surface area contributed by atoms with Gasteiger partial charge < -0.3 is 9.80 Å². The molecule has 0 saturated carbocycles. The van der Waals surface area contributed by atoms with Crippen LogP contribution in [0.15, 0.2) is 243 Å². The van der Waals surface area contributed by atoms with Gasteiger partial charge in [-0.05, 0) is 153 Å². The third-order valence-electron chi connectivity index (χ3n) is 16.2. The Labute approximate surface area is 421 Å². The maximum Gasteiger partial charge on any atom is 0.0502 e. The summed E-state index contributed by atoms with van der Waals surface area (Å²) in [7, 11) is 0. The van der Waals surface area contributed by atoms with Gasteiger partial charge >= 0.3 is 0 Å². The number of rotatable bonds is 5. The number of anilines is 6. The lowest BCUT2D eigenvalue weighted by Gasteiger charge is -2.42. The quantitative estimate of drug-likeness (QED) is 0.159. The van der Waals surface area contributed by atoms with Gasteiger partial charge in [-0.2, -0.15) is 0 Å². The van der Waals surface area contributed by atoms with Crippen LogP contribution in [0.2, 0.25) is 0 Å². The minimum absolute atomic E-state index is 0.172. The highest BCUT2D eigenvalue weighted by Crippen LogP contribution is 2.56. The van der Waals surface area contributed by atoms with Gasteiger partial charge in [-0.15, -0.1) is 0 Å². The third-order valence-corrected chi connectivity index (χ3v) is 16.2. The van der Waals surface area contributed by atoms with Crippen LogP contribution in [0.5, 0.6) is 0 Å². The maximum atomic E-state index is 2.51. The van der Waals surface area contributed by atoms with Crippen LogP contribution in [-0.2, 0) is 10.8 Å². The predicted molar refractivity (Wildman–Crippen MR) is 306 cm³/mol. The summed E-state index contributed by atoms with van der Waals surface area (Å²) in [6.45, 7) is 9.45. The van der Waals surface area contributed by atoms with E-state index in [0.29, 0.717) is 0 Å². The van der Waals surface area contributed by atoms with E-state index >= 15 is 0 Å². The van der Waals surface area contributed by atoms with Crippen LogP contribution in [0.25, 0.3) is 76.5 Å². The Kier molecular flexibility index (Phi) is 9.32. The second-order valence-corrected chi connectivity index (χ2v) is 20.8. The lowest BCUT2D eigenvalue weighted by atomic mass is 9.73. The lowest BCUT2D eigenvalue weighted by Crippen LogP contribution is -2.30. The van der Waals surface area contributed by atoms with Crippen LogP contribution in [-0.4, -0.2) is 0 Å².